The van der Waals surface area contributed by atoms with Crippen LogP contribution >= 0.6 is 0 Å². The summed E-state index contributed by atoms with van der Waals surface area (Å²) in [5.74, 6) is 0. The third-order valence-electron chi connectivity index (χ3n) is 3.33. The molecule has 1 fully saturated rings. The molecule has 4 nitrogen and oxygen atoms in total. The molecular weight excluding hydrogens is 238 g/mol. The Morgan fingerprint density at radius 2 is 2.00 bits per heavy atom. The van der Waals surface area contributed by atoms with Gasteiger partial charge in [0.25, 0.3) is 0 Å². The number of urea groups is 1. The van der Waals surface area contributed by atoms with Crippen LogP contribution in [0.25, 0.3) is 0 Å². The van der Waals surface area contributed by atoms with Crippen LogP contribution in [0.2, 0.25) is 0 Å². The molecule has 2 amide bonds. The maximum atomic E-state index is 11.6. The Hall–Kier alpha value is -1.81. The van der Waals surface area contributed by atoms with Crippen LogP contribution in [0.1, 0.15) is 36.8 Å². The molecular formula is C15H21N3O. The molecule has 0 radical (unpaired) electrons. The number of rotatable bonds is 4. The van der Waals surface area contributed by atoms with E-state index in [-0.39, 0.29) is 6.03 Å². The number of allylic oxidation sites excluding steroid dienone is 1. The van der Waals surface area contributed by atoms with Crippen LogP contribution in [0.15, 0.2) is 36.0 Å². The van der Waals surface area contributed by atoms with Gasteiger partial charge in [0, 0.05) is 19.3 Å². The molecule has 0 bridgehead atoms. The predicted molar refractivity (Wildman–Crippen MR) is 76.3 cm³/mol. The van der Waals surface area contributed by atoms with Crippen molar-refractivity contribution in [3.8, 4) is 0 Å². The first-order valence-electron chi connectivity index (χ1n) is 6.78. The second kappa shape index (κ2) is 6.95. The van der Waals surface area contributed by atoms with E-state index in [1.807, 2.05) is 30.5 Å². The third-order valence-corrected chi connectivity index (χ3v) is 3.33. The van der Waals surface area contributed by atoms with Gasteiger partial charge < -0.3 is 16.4 Å². The summed E-state index contributed by atoms with van der Waals surface area (Å²) in [6.07, 6.45) is 6.54. The first kappa shape index (κ1) is 13.6. The summed E-state index contributed by atoms with van der Waals surface area (Å²) in [5, 5.41) is 5.63. The van der Waals surface area contributed by atoms with Crippen molar-refractivity contribution in [3.05, 3.63) is 47.2 Å². The SMILES string of the molecule is NCc1cccc(CNC(=O)NC=C2CCCC2)c1. The highest BCUT2D eigenvalue weighted by atomic mass is 16.2. The highest BCUT2D eigenvalue weighted by Crippen LogP contribution is 2.22. The number of nitrogens with one attached hydrogen (secondary N) is 2. The van der Waals surface area contributed by atoms with Crippen LogP contribution in [0.3, 0.4) is 0 Å². The molecule has 19 heavy (non-hydrogen) atoms. The predicted octanol–water partition coefficient (Wildman–Crippen LogP) is 2.40. The Bertz CT molecular complexity index is 460. The van der Waals surface area contributed by atoms with Crippen LogP contribution in [0.4, 0.5) is 4.79 Å². The summed E-state index contributed by atoms with van der Waals surface area (Å²) in [6, 6.07) is 7.77. The number of amides is 2. The van der Waals surface area contributed by atoms with Gasteiger partial charge in [0.05, 0.1) is 0 Å². The molecule has 4 N–H and O–H groups in total. The first-order valence-corrected chi connectivity index (χ1v) is 6.78. The second-order valence-electron chi connectivity index (χ2n) is 4.86. The van der Waals surface area contributed by atoms with E-state index in [0.717, 1.165) is 24.0 Å². The molecule has 1 saturated carbocycles. The second-order valence-corrected chi connectivity index (χ2v) is 4.86. The molecule has 0 atom stereocenters. The van der Waals surface area contributed by atoms with Gasteiger partial charge in [0.1, 0.15) is 0 Å². The topological polar surface area (TPSA) is 67.1 Å². The standard InChI is InChI=1S/C15H21N3O/c16-9-13-6-3-7-14(8-13)11-18-15(19)17-10-12-4-1-2-5-12/h3,6-8,10H,1-2,4-5,9,11,16H2,(H2,17,18,19). The Morgan fingerprint density at radius 1 is 1.26 bits per heavy atom. The molecule has 0 unspecified atom stereocenters. The minimum Gasteiger partial charge on any atom is -0.334 e. The zero-order valence-electron chi connectivity index (χ0n) is 11.1. The van der Waals surface area contributed by atoms with Crippen LogP contribution in [0, 0.1) is 0 Å². The van der Waals surface area contributed by atoms with E-state index in [1.54, 1.807) is 0 Å². The average Bonchev–Trinajstić information content (AvgIpc) is 2.96. The monoisotopic (exact) mass is 259 g/mol. The molecule has 0 heterocycles. The van der Waals surface area contributed by atoms with E-state index < -0.39 is 0 Å². The summed E-state index contributed by atoms with van der Waals surface area (Å²) in [4.78, 5) is 11.6. The van der Waals surface area contributed by atoms with Crippen LogP contribution in [0.5, 0.6) is 0 Å². The molecule has 1 aromatic rings. The lowest BCUT2D eigenvalue weighted by Crippen LogP contribution is -2.31. The molecule has 1 aromatic carbocycles. The smallest absolute Gasteiger partial charge is 0.319 e. The summed E-state index contributed by atoms with van der Waals surface area (Å²) in [7, 11) is 0. The Morgan fingerprint density at radius 3 is 2.74 bits per heavy atom. The lowest BCUT2D eigenvalue weighted by molar-refractivity contribution is 0.243. The number of benzene rings is 1. The van der Waals surface area contributed by atoms with Gasteiger partial charge in [-0.2, -0.15) is 0 Å². The van der Waals surface area contributed by atoms with Crippen molar-refractivity contribution >= 4 is 6.03 Å². The summed E-state index contributed by atoms with van der Waals surface area (Å²) < 4.78 is 0. The zero-order valence-corrected chi connectivity index (χ0v) is 11.1. The van der Waals surface area contributed by atoms with Crippen molar-refractivity contribution in [2.24, 2.45) is 5.73 Å². The van der Waals surface area contributed by atoms with E-state index in [0.29, 0.717) is 13.1 Å². The lowest BCUT2D eigenvalue weighted by Gasteiger charge is -2.07. The van der Waals surface area contributed by atoms with Gasteiger partial charge in [-0.1, -0.05) is 29.8 Å². The number of hydrogen-bond donors (Lipinski definition) is 3. The van der Waals surface area contributed by atoms with Gasteiger partial charge in [0.2, 0.25) is 0 Å². The van der Waals surface area contributed by atoms with Crippen molar-refractivity contribution in [1.29, 1.82) is 0 Å². The summed E-state index contributed by atoms with van der Waals surface area (Å²) in [5.41, 5.74) is 9.06. The zero-order chi connectivity index (χ0) is 13.5. The number of nitrogens with two attached hydrogens (primary N) is 1. The summed E-state index contributed by atoms with van der Waals surface area (Å²) >= 11 is 0. The van der Waals surface area contributed by atoms with Gasteiger partial charge in [0.15, 0.2) is 0 Å². The van der Waals surface area contributed by atoms with Crippen LogP contribution in [-0.4, -0.2) is 6.03 Å². The highest BCUT2D eigenvalue weighted by Gasteiger charge is 2.06. The van der Waals surface area contributed by atoms with E-state index in [2.05, 4.69) is 10.6 Å². The maximum absolute atomic E-state index is 11.6. The number of hydrogen-bond acceptors (Lipinski definition) is 2. The quantitative estimate of drug-likeness (QED) is 0.777. The summed E-state index contributed by atoms with van der Waals surface area (Å²) in [6.45, 7) is 1.04. The van der Waals surface area contributed by atoms with Gasteiger partial charge in [-0.15, -0.1) is 0 Å². The minimum absolute atomic E-state index is 0.155. The van der Waals surface area contributed by atoms with Crippen molar-refractivity contribution in [1.82, 2.24) is 10.6 Å². The molecule has 0 aromatic heterocycles. The van der Waals surface area contributed by atoms with Crippen LogP contribution in [-0.2, 0) is 13.1 Å². The molecule has 2 rings (SSSR count). The van der Waals surface area contributed by atoms with Crippen molar-refractivity contribution in [2.75, 3.05) is 0 Å². The molecule has 0 spiro atoms. The third kappa shape index (κ3) is 4.41. The number of carbonyl (C=O) groups excluding carboxylic acids is 1. The fourth-order valence-corrected chi connectivity index (χ4v) is 2.24. The lowest BCUT2D eigenvalue weighted by atomic mass is 10.1. The van der Waals surface area contributed by atoms with E-state index >= 15 is 0 Å². The van der Waals surface area contributed by atoms with E-state index in [1.165, 1.54) is 18.4 Å². The minimum atomic E-state index is -0.155. The van der Waals surface area contributed by atoms with Crippen molar-refractivity contribution in [2.45, 2.75) is 38.8 Å². The van der Waals surface area contributed by atoms with Crippen LogP contribution < -0.4 is 16.4 Å². The Kier molecular flexibility index (Phi) is 4.98. The van der Waals surface area contributed by atoms with Crippen molar-refractivity contribution in [3.63, 3.8) is 0 Å². The van der Waals surface area contributed by atoms with Gasteiger partial charge in [-0.3, -0.25) is 0 Å². The highest BCUT2D eigenvalue weighted by molar-refractivity contribution is 5.75. The van der Waals surface area contributed by atoms with Gasteiger partial charge in [-0.25, -0.2) is 4.79 Å². The molecule has 4 heteroatoms. The molecule has 0 saturated heterocycles. The maximum Gasteiger partial charge on any atom is 0.319 e. The molecule has 102 valence electrons. The Balaban J connectivity index is 1.77. The van der Waals surface area contributed by atoms with Gasteiger partial charge in [-0.05, 0) is 36.8 Å². The van der Waals surface area contributed by atoms with E-state index in [4.69, 9.17) is 5.73 Å². The van der Waals surface area contributed by atoms with Gasteiger partial charge >= 0.3 is 6.03 Å². The van der Waals surface area contributed by atoms with Crippen molar-refractivity contribution < 1.29 is 4.79 Å². The Labute approximate surface area is 114 Å². The largest absolute Gasteiger partial charge is 0.334 e. The number of carbonyl (C=O) groups is 1. The molecule has 1 aliphatic rings. The molecule has 0 aliphatic heterocycles. The fraction of sp³-hybridized carbons (Fsp3) is 0.400. The average molecular weight is 259 g/mol. The first-order chi connectivity index (χ1) is 9.28. The molecule has 1 aliphatic carbocycles. The fourth-order valence-electron chi connectivity index (χ4n) is 2.24. The normalized spacial score (nSPS) is 14.3. The van der Waals surface area contributed by atoms with E-state index in [9.17, 15) is 4.79 Å².